The Kier molecular flexibility index (Phi) is 6.16. The highest BCUT2D eigenvalue weighted by molar-refractivity contribution is 5.39. The fourth-order valence-electron chi connectivity index (χ4n) is 1.90. The van der Waals surface area contributed by atoms with Crippen molar-refractivity contribution in [3.05, 3.63) is 29.3 Å². The van der Waals surface area contributed by atoms with Crippen LogP contribution in [0.3, 0.4) is 0 Å². The van der Waals surface area contributed by atoms with Crippen LogP contribution < -0.4 is 10.1 Å². The maximum absolute atomic E-state index is 9.23. The first-order valence-electron chi connectivity index (χ1n) is 6.66. The second-order valence-corrected chi connectivity index (χ2v) is 4.94. The Hall–Kier alpha value is -1.06. The van der Waals surface area contributed by atoms with Gasteiger partial charge in [0.1, 0.15) is 12.4 Å². The molecule has 0 aliphatic rings. The second-order valence-electron chi connectivity index (χ2n) is 4.94. The summed E-state index contributed by atoms with van der Waals surface area (Å²) in [4.78, 5) is 0. The molecule has 2 N–H and O–H groups in total. The van der Waals surface area contributed by atoms with E-state index in [-0.39, 0.29) is 12.6 Å². The summed E-state index contributed by atoms with van der Waals surface area (Å²) in [7, 11) is 0. The number of rotatable bonds is 7. The molecule has 0 aromatic heterocycles. The van der Waals surface area contributed by atoms with Crippen LogP contribution in [-0.2, 0) is 0 Å². The van der Waals surface area contributed by atoms with Gasteiger partial charge in [0.05, 0.1) is 12.6 Å². The van der Waals surface area contributed by atoms with Crippen LogP contribution in [0.1, 0.15) is 37.8 Å². The zero-order valence-corrected chi connectivity index (χ0v) is 11.9. The monoisotopic (exact) mass is 251 g/mol. The van der Waals surface area contributed by atoms with Crippen molar-refractivity contribution in [2.24, 2.45) is 0 Å². The maximum atomic E-state index is 9.23. The average Bonchev–Trinajstić information content (AvgIpc) is 2.34. The van der Waals surface area contributed by atoms with E-state index in [1.165, 1.54) is 11.1 Å². The summed E-state index contributed by atoms with van der Waals surface area (Å²) >= 11 is 0. The minimum Gasteiger partial charge on any atom is -0.492 e. The Morgan fingerprint density at radius 2 is 2.06 bits per heavy atom. The van der Waals surface area contributed by atoms with Gasteiger partial charge in [-0.2, -0.15) is 0 Å². The summed E-state index contributed by atoms with van der Waals surface area (Å²) in [6.45, 7) is 9.82. The van der Waals surface area contributed by atoms with Crippen LogP contribution in [0, 0.1) is 6.92 Å². The van der Waals surface area contributed by atoms with Crippen molar-refractivity contribution in [1.82, 2.24) is 5.32 Å². The third-order valence-corrected chi connectivity index (χ3v) is 2.94. The summed E-state index contributed by atoms with van der Waals surface area (Å²) in [5, 5.41) is 12.4. The first kappa shape index (κ1) is 15.0. The molecule has 3 nitrogen and oxygen atoms in total. The zero-order valence-electron chi connectivity index (χ0n) is 11.9. The average molecular weight is 251 g/mol. The standard InChI is InChI=1S/C15H25NO2/c1-5-16-13(9-17)10-18-15-8-12(4)6-7-14(15)11(2)3/h6-8,11,13,16-17H,5,9-10H2,1-4H3. The molecule has 1 aromatic rings. The van der Waals surface area contributed by atoms with Crippen LogP contribution in [0.4, 0.5) is 0 Å². The third kappa shape index (κ3) is 4.31. The predicted molar refractivity (Wildman–Crippen MR) is 75.3 cm³/mol. The van der Waals surface area contributed by atoms with Crippen molar-refractivity contribution in [2.75, 3.05) is 19.8 Å². The fourth-order valence-corrected chi connectivity index (χ4v) is 1.90. The van der Waals surface area contributed by atoms with E-state index < -0.39 is 0 Å². The molecule has 1 unspecified atom stereocenters. The Balaban J connectivity index is 2.73. The molecule has 102 valence electrons. The lowest BCUT2D eigenvalue weighted by atomic mass is 10.0. The van der Waals surface area contributed by atoms with E-state index >= 15 is 0 Å². The molecule has 0 saturated carbocycles. The minimum absolute atomic E-state index is 0.00414. The van der Waals surface area contributed by atoms with Gasteiger partial charge in [0.15, 0.2) is 0 Å². The largest absolute Gasteiger partial charge is 0.492 e. The summed E-state index contributed by atoms with van der Waals surface area (Å²) in [5.74, 6) is 1.37. The Labute approximate surface area is 110 Å². The van der Waals surface area contributed by atoms with Gasteiger partial charge in [-0.1, -0.05) is 32.9 Å². The lowest BCUT2D eigenvalue weighted by Gasteiger charge is -2.19. The number of likely N-dealkylation sites (N-methyl/N-ethyl adjacent to an activating group) is 1. The summed E-state index contributed by atoms with van der Waals surface area (Å²) in [6, 6.07) is 6.29. The van der Waals surface area contributed by atoms with E-state index in [4.69, 9.17) is 4.74 Å². The van der Waals surface area contributed by atoms with Crippen molar-refractivity contribution >= 4 is 0 Å². The van der Waals surface area contributed by atoms with Crippen LogP contribution >= 0.6 is 0 Å². The van der Waals surface area contributed by atoms with Crippen LogP contribution in [0.15, 0.2) is 18.2 Å². The molecule has 1 atom stereocenters. The van der Waals surface area contributed by atoms with Crippen molar-refractivity contribution < 1.29 is 9.84 Å². The quantitative estimate of drug-likeness (QED) is 0.782. The predicted octanol–water partition coefficient (Wildman–Crippen LogP) is 2.47. The number of aliphatic hydroxyl groups is 1. The molecule has 0 radical (unpaired) electrons. The van der Waals surface area contributed by atoms with Gasteiger partial charge in [0.25, 0.3) is 0 Å². The summed E-state index contributed by atoms with van der Waals surface area (Å²) in [6.07, 6.45) is 0. The van der Waals surface area contributed by atoms with E-state index in [9.17, 15) is 5.11 Å². The molecular weight excluding hydrogens is 226 g/mol. The van der Waals surface area contributed by atoms with E-state index in [0.29, 0.717) is 12.5 Å². The molecule has 0 amide bonds. The molecule has 0 bridgehead atoms. The molecule has 18 heavy (non-hydrogen) atoms. The van der Waals surface area contributed by atoms with Gasteiger partial charge >= 0.3 is 0 Å². The number of hydrogen-bond donors (Lipinski definition) is 2. The number of aliphatic hydroxyl groups excluding tert-OH is 1. The normalized spacial score (nSPS) is 12.8. The first-order chi connectivity index (χ1) is 8.58. The number of aryl methyl sites for hydroxylation is 1. The second kappa shape index (κ2) is 7.39. The Morgan fingerprint density at radius 3 is 2.61 bits per heavy atom. The van der Waals surface area contributed by atoms with Crippen molar-refractivity contribution in [3.63, 3.8) is 0 Å². The van der Waals surface area contributed by atoms with E-state index in [1.54, 1.807) is 0 Å². The molecule has 0 aliphatic heterocycles. The van der Waals surface area contributed by atoms with Gasteiger partial charge < -0.3 is 15.2 Å². The fraction of sp³-hybridized carbons (Fsp3) is 0.600. The summed E-state index contributed by atoms with van der Waals surface area (Å²) < 4.78 is 5.86. The van der Waals surface area contributed by atoms with Gasteiger partial charge in [-0.05, 0) is 36.6 Å². The molecule has 0 aliphatic carbocycles. The smallest absolute Gasteiger partial charge is 0.123 e. The third-order valence-electron chi connectivity index (χ3n) is 2.94. The molecule has 0 spiro atoms. The van der Waals surface area contributed by atoms with Crippen molar-refractivity contribution in [3.8, 4) is 5.75 Å². The number of benzene rings is 1. The van der Waals surface area contributed by atoms with Crippen molar-refractivity contribution in [1.29, 1.82) is 0 Å². The lowest BCUT2D eigenvalue weighted by molar-refractivity contribution is 0.183. The van der Waals surface area contributed by atoms with Crippen LogP contribution in [0.5, 0.6) is 5.75 Å². The maximum Gasteiger partial charge on any atom is 0.123 e. The lowest BCUT2D eigenvalue weighted by Crippen LogP contribution is -2.37. The van der Waals surface area contributed by atoms with Gasteiger partial charge in [0.2, 0.25) is 0 Å². The number of ether oxygens (including phenoxy) is 1. The molecule has 0 saturated heterocycles. The number of hydrogen-bond acceptors (Lipinski definition) is 3. The Morgan fingerprint density at radius 1 is 1.33 bits per heavy atom. The number of nitrogens with one attached hydrogen (secondary N) is 1. The van der Waals surface area contributed by atoms with E-state index in [1.807, 2.05) is 6.92 Å². The molecule has 0 heterocycles. The van der Waals surface area contributed by atoms with Crippen LogP contribution in [0.25, 0.3) is 0 Å². The van der Waals surface area contributed by atoms with Gasteiger partial charge in [-0.3, -0.25) is 0 Å². The molecular formula is C15H25NO2. The van der Waals surface area contributed by atoms with E-state index in [2.05, 4.69) is 44.3 Å². The van der Waals surface area contributed by atoms with Crippen LogP contribution in [-0.4, -0.2) is 30.9 Å². The highest BCUT2D eigenvalue weighted by Gasteiger charge is 2.11. The molecule has 1 aromatic carbocycles. The highest BCUT2D eigenvalue weighted by atomic mass is 16.5. The Bertz CT molecular complexity index is 364. The van der Waals surface area contributed by atoms with E-state index in [0.717, 1.165) is 12.3 Å². The summed E-state index contributed by atoms with van der Waals surface area (Å²) in [5.41, 5.74) is 2.41. The zero-order chi connectivity index (χ0) is 13.5. The van der Waals surface area contributed by atoms with Gasteiger partial charge in [-0.25, -0.2) is 0 Å². The molecule has 1 rings (SSSR count). The van der Waals surface area contributed by atoms with Gasteiger partial charge in [0, 0.05) is 0 Å². The van der Waals surface area contributed by atoms with Crippen LogP contribution in [0.2, 0.25) is 0 Å². The van der Waals surface area contributed by atoms with Gasteiger partial charge in [-0.15, -0.1) is 0 Å². The molecule has 0 fully saturated rings. The molecule has 3 heteroatoms. The SMILES string of the molecule is CCNC(CO)COc1cc(C)ccc1C(C)C. The first-order valence-corrected chi connectivity index (χ1v) is 6.66. The minimum atomic E-state index is -0.00414. The highest BCUT2D eigenvalue weighted by Crippen LogP contribution is 2.27. The topological polar surface area (TPSA) is 41.5 Å². The van der Waals surface area contributed by atoms with Crippen molar-refractivity contribution in [2.45, 2.75) is 39.7 Å².